The van der Waals surface area contributed by atoms with Crippen LogP contribution in [-0.4, -0.2) is 41.4 Å². The highest BCUT2D eigenvalue weighted by Crippen LogP contribution is 2.27. The Bertz CT molecular complexity index is 537. The fourth-order valence-corrected chi connectivity index (χ4v) is 4.56. The standard InChI is InChI=1S/C17H23FN2OS/c1-12-2-3-15(18)16(10-12)19-17(21)13-4-7-20(8-5-13)14-6-9-22-11-14/h2-3,10,13-14H,4-9,11H2,1H3,(H,19,21)/t14-/m1/s1. The Morgan fingerprint density at radius 1 is 1.32 bits per heavy atom. The number of likely N-dealkylation sites (tertiary alicyclic amines) is 1. The van der Waals surface area contributed by atoms with E-state index in [0.717, 1.165) is 31.5 Å². The minimum absolute atomic E-state index is 0.00483. The van der Waals surface area contributed by atoms with Crippen LogP contribution in [0.15, 0.2) is 18.2 Å². The number of nitrogens with zero attached hydrogens (tertiary/aromatic N) is 1. The SMILES string of the molecule is Cc1ccc(F)c(NC(=O)C2CCN([C@@H]3CCSC3)CC2)c1. The van der Waals surface area contributed by atoms with E-state index in [1.54, 1.807) is 12.1 Å². The summed E-state index contributed by atoms with van der Waals surface area (Å²) in [6, 6.07) is 5.51. The molecule has 0 unspecified atom stereocenters. The summed E-state index contributed by atoms with van der Waals surface area (Å²) in [5, 5.41) is 2.77. The summed E-state index contributed by atoms with van der Waals surface area (Å²) in [6.07, 6.45) is 3.02. The summed E-state index contributed by atoms with van der Waals surface area (Å²) in [5.41, 5.74) is 1.25. The van der Waals surface area contributed by atoms with Crippen LogP contribution in [0.5, 0.6) is 0 Å². The van der Waals surface area contributed by atoms with Gasteiger partial charge in [0.15, 0.2) is 0 Å². The van der Waals surface area contributed by atoms with Gasteiger partial charge in [-0.2, -0.15) is 11.8 Å². The van der Waals surface area contributed by atoms with Crippen molar-refractivity contribution in [3.8, 4) is 0 Å². The molecule has 2 saturated heterocycles. The maximum Gasteiger partial charge on any atom is 0.227 e. The number of hydrogen-bond acceptors (Lipinski definition) is 3. The van der Waals surface area contributed by atoms with Crippen LogP contribution in [0.4, 0.5) is 10.1 Å². The second-order valence-electron chi connectivity index (χ2n) is 6.30. The number of aryl methyl sites for hydroxylation is 1. The second kappa shape index (κ2) is 7.01. The molecule has 1 aromatic rings. The zero-order valence-electron chi connectivity index (χ0n) is 13.0. The molecule has 3 nitrogen and oxygen atoms in total. The Hall–Kier alpha value is -1.07. The first-order chi connectivity index (χ1) is 10.6. The molecule has 0 radical (unpaired) electrons. The molecule has 120 valence electrons. The van der Waals surface area contributed by atoms with Crippen molar-refractivity contribution in [3.05, 3.63) is 29.6 Å². The largest absolute Gasteiger partial charge is 0.323 e. The molecule has 0 bridgehead atoms. The van der Waals surface area contributed by atoms with E-state index in [4.69, 9.17) is 0 Å². The third-order valence-electron chi connectivity index (χ3n) is 4.70. The Morgan fingerprint density at radius 2 is 2.09 bits per heavy atom. The van der Waals surface area contributed by atoms with Gasteiger partial charge >= 0.3 is 0 Å². The monoisotopic (exact) mass is 322 g/mol. The number of rotatable bonds is 3. The quantitative estimate of drug-likeness (QED) is 0.927. The summed E-state index contributed by atoms with van der Waals surface area (Å²) >= 11 is 2.03. The van der Waals surface area contributed by atoms with E-state index in [1.807, 2.05) is 18.7 Å². The lowest BCUT2D eigenvalue weighted by atomic mass is 9.94. The number of benzene rings is 1. The van der Waals surface area contributed by atoms with Crippen LogP contribution in [0.25, 0.3) is 0 Å². The molecule has 5 heteroatoms. The minimum atomic E-state index is -0.362. The molecule has 2 heterocycles. The molecule has 2 aliphatic heterocycles. The molecule has 0 spiro atoms. The van der Waals surface area contributed by atoms with E-state index >= 15 is 0 Å². The summed E-state index contributed by atoms with van der Waals surface area (Å²) < 4.78 is 13.7. The molecule has 0 saturated carbocycles. The first kappa shape index (κ1) is 15.8. The molecule has 1 N–H and O–H groups in total. The zero-order valence-corrected chi connectivity index (χ0v) is 13.8. The highest BCUT2D eigenvalue weighted by Gasteiger charge is 2.30. The molecule has 22 heavy (non-hydrogen) atoms. The van der Waals surface area contributed by atoms with Crippen LogP contribution in [0.3, 0.4) is 0 Å². The van der Waals surface area contributed by atoms with Gasteiger partial charge in [-0.15, -0.1) is 0 Å². The van der Waals surface area contributed by atoms with Gasteiger partial charge < -0.3 is 5.32 Å². The van der Waals surface area contributed by atoms with Crippen LogP contribution in [0.2, 0.25) is 0 Å². The van der Waals surface area contributed by atoms with Crippen molar-refractivity contribution in [3.63, 3.8) is 0 Å². The highest BCUT2D eigenvalue weighted by molar-refractivity contribution is 7.99. The molecular formula is C17H23FN2OS. The van der Waals surface area contributed by atoms with Crippen LogP contribution in [-0.2, 0) is 4.79 Å². The Balaban J connectivity index is 1.54. The van der Waals surface area contributed by atoms with Crippen LogP contribution in [0, 0.1) is 18.7 Å². The molecule has 3 rings (SSSR count). The summed E-state index contributed by atoms with van der Waals surface area (Å²) in [4.78, 5) is 14.9. The van der Waals surface area contributed by atoms with Crippen molar-refractivity contribution in [1.82, 2.24) is 4.90 Å². The number of thioether (sulfide) groups is 1. The Kier molecular flexibility index (Phi) is 5.03. The lowest BCUT2D eigenvalue weighted by molar-refractivity contribution is -0.121. The fourth-order valence-electron chi connectivity index (χ4n) is 3.31. The van der Waals surface area contributed by atoms with E-state index in [2.05, 4.69) is 10.2 Å². The lowest BCUT2D eigenvalue weighted by Crippen LogP contribution is -2.43. The average Bonchev–Trinajstić information content (AvgIpc) is 3.05. The third-order valence-corrected chi connectivity index (χ3v) is 5.85. The van der Waals surface area contributed by atoms with Gasteiger partial charge in [0.2, 0.25) is 5.91 Å². The molecule has 2 aliphatic rings. The molecule has 1 aromatic carbocycles. The third kappa shape index (κ3) is 3.63. The van der Waals surface area contributed by atoms with Gasteiger partial charge in [-0.3, -0.25) is 9.69 Å². The number of amides is 1. The van der Waals surface area contributed by atoms with E-state index in [0.29, 0.717) is 11.7 Å². The van der Waals surface area contributed by atoms with Crippen LogP contribution < -0.4 is 5.32 Å². The number of nitrogens with one attached hydrogen (secondary N) is 1. The molecule has 2 fully saturated rings. The van der Waals surface area contributed by atoms with E-state index in [-0.39, 0.29) is 17.6 Å². The van der Waals surface area contributed by atoms with Gasteiger partial charge in [-0.25, -0.2) is 4.39 Å². The van der Waals surface area contributed by atoms with Gasteiger partial charge in [0.1, 0.15) is 5.82 Å². The average molecular weight is 322 g/mol. The van der Waals surface area contributed by atoms with Gasteiger partial charge in [0.25, 0.3) is 0 Å². The van der Waals surface area contributed by atoms with Gasteiger partial charge in [-0.1, -0.05) is 6.07 Å². The number of piperidine rings is 1. The molecular weight excluding hydrogens is 299 g/mol. The smallest absolute Gasteiger partial charge is 0.227 e. The lowest BCUT2D eigenvalue weighted by Gasteiger charge is -2.35. The van der Waals surface area contributed by atoms with Crippen LogP contribution >= 0.6 is 11.8 Å². The van der Waals surface area contributed by atoms with Gasteiger partial charge in [0, 0.05) is 17.7 Å². The first-order valence-electron chi connectivity index (χ1n) is 8.02. The van der Waals surface area contributed by atoms with Crippen LogP contribution in [0.1, 0.15) is 24.8 Å². The van der Waals surface area contributed by atoms with Crippen molar-refractivity contribution in [2.45, 2.75) is 32.2 Å². The van der Waals surface area contributed by atoms with Crippen molar-refractivity contribution < 1.29 is 9.18 Å². The van der Waals surface area contributed by atoms with Gasteiger partial charge in [-0.05, 0) is 62.7 Å². The van der Waals surface area contributed by atoms with E-state index in [1.165, 1.54) is 24.0 Å². The maximum absolute atomic E-state index is 13.7. The summed E-state index contributed by atoms with van der Waals surface area (Å²) in [5.74, 6) is 2.10. The Labute approximate surface area is 135 Å². The van der Waals surface area contributed by atoms with Gasteiger partial charge in [0.05, 0.1) is 5.69 Å². The normalized spacial score (nSPS) is 23.6. The number of carbonyl (C=O) groups is 1. The van der Waals surface area contributed by atoms with Crippen molar-refractivity contribution in [2.75, 3.05) is 29.9 Å². The molecule has 1 atom stereocenters. The summed E-state index contributed by atoms with van der Waals surface area (Å²) in [6.45, 7) is 3.87. The molecule has 0 aromatic heterocycles. The minimum Gasteiger partial charge on any atom is -0.323 e. The van der Waals surface area contributed by atoms with E-state index in [9.17, 15) is 9.18 Å². The predicted octanol–water partition coefficient (Wildman–Crippen LogP) is 3.29. The molecule has 0 aliphatic carbocycles. The highest BCUT2D eigenvalue weighted by atomic mass is 32.2. The van der Waals surface area contributed by atoms with Crippen molar-refractivity contribution in [2.24, 2.45) is 5.92 Å². The number of anilines is 1. The second-order valence-corrected chi connectivity index (χ2v) is 7.45. The number of hydrogen-bond donors (Lipinski definition) is 1. The topological polar surface area (TPSA) is 32.3 Å². The van der Waals surface area contributed by atoms with Crippen molar-refractivity contribution >= 4 is 23.4 Å². The maximum atomic E-state index is 13.7. The summed E-state index contributed by atoms with van der Waals surface area (Å²) in [7, 11) is 0. The number of halogens is 1. The molecule has 1 amide bonds. The van der Waals surface area contributed by atoms with E-state index < -0.39 is 0 Å². The Morgan fingerprint density at radius 3 is 2.77 bits per heavy atom. The first-order valence-corrected chi connectivity index (χ1v) is 9.18. The van der Waals surface area contributed by atoms with Crippen molar-refractivity contribution in [1.29, 1.82) is 0 Å². The predicted molar refractivity (Wildman–Crippen MR) is 89.8 cm³/mol. The number of carbonyl (C=O) groups excluding carboxylic acids is 1. The zero-order chi connectivity index (χ0) is 15.5. The fraction of sp³-hybridized carbons (Fsp3) is 0.588.